The third-order valence-electron chi connectivity index (χ3n) is 3.27. The molecule has 0 aromatic carbocycles. The maximum atomic E-state index is 10.6. The Morgan fingerprint density at radius 3 is 2.80 bits per heavy atom. The lowest BCUT2D eigenvalue weighted by Gasteiger charge is -2.24. The summed E-state index contributed by atoms with van der Waals surface area (Å²) < 4.78 is 10.2. The van der Waals surface area contributed by atoms with Gasteiger partial charge in [0.25, 0.3) is 0 Å². The van der Waals surface area contributed by atoms with Crippen LogP contribution in [0.2, 0.25) is 0 Å². The smallest absolute Gasteiger partial charge is 0.397 e. The zero-order valence-corrected chi connectivity index (χ0v) is 10.8. The first-order valence-electron chi connectivity index (χ1n) is 6.52. The van der Waals surface area contributed by atoms with E-state index in [0.29, 0.717) is 12.4 Å². The molecule has 0 atom stereocenters. The summed E-state index contributed by atoms with van der Waals surface area (Å²) in [5.74, 6) is 0.652. The standard InChI is InChI=1S/C12H14N4O4/c17-16(18)11-5-4-9(19-11)12-13-10(20-14-12)8-15-6-2-1-3-7-15/h4-5H,1-3,6-8H2. The van der Waals surface area contributed by atoms with E-state index in [1.165, 1.54) is 31.4 Å². The van der Waals surface area contributed by atoms with Crippen LogP contribution in [0.4, 0.5) is 5.88 Å². The molecule has 1 aliphatic heterocycles. The van der Waals surface area contributed by atoms with Crippen LogP contribution in [-0.2, 0) is 6.54 Å². The van der Waals surface area contributed by atoms with E-state index in [1.54, 1.807) is 0 Å². The predicted molar refractivity (Wildman–Crippen MR) is 67.8 cm³/mol. The topological polar surface area (TPSA) is 98.4 Å². The molecule has 0 spiro atoms. The van der Waals surface area contributed by atoms with Crippen molar-refractivity contribution in [3.63, 3.8) is 0 Å². The van der Waals surface area contributed by atoms with Crippen LogP contribution in [0.1, 0.15) is 25.2 Å². The lowest BCUT2D eigenvalue weighted by atomic mass is 10.1. The quantitative estimate of drug-likeness (QED) is 0.624. The van der Waals surface area contributed by atoms with Gasteiger partial charge in [0.2, 0.25) is 11.7 Å². The molecule has 3 rings (SSSR count). The van der Waals surface area contributed by atoms with Crippen molar-refractivity contribution in [2.24, 2.45) is 0 Å². The van der Waals surface area contributed by atoms with Gasteiger partial charge in [0.1, 0.15) is 4.92 Å². The number of nitrogens with zero attached hydrogens (tertiary/aromatic N) is 4. The fraction of sp³-hybridized carbons (Fsp3) is 0.500. The Kier molecular flexibility index (Phi) is 3.46. The summed E-state index contributed by atoms with van der Waals surface area (Å²) in [6.45, 7) is 2.67. The van der Waals surface area contributed by atoms with Gasteiger partial charge in [-0.1, -0.05) is 11.6 Å². The molecule has 0 unspecified atom stereocenters. The Hall–Kier alpha value is -2.22. The van der Waals surface area contributed by atoms with Gasteiger partial charge in [-0.2, -0.15) is 4.98 Å². The summed E-state index contributed by atoms with van der Waals surface area (Å²) in [5.41, 5.74) is 0. The molecule has 8 heteroatoms. The van der Waals surface area contributed by atoms with E-state index in [4.69, 9.17) is 8.94 Å². The molecule has 2 aromatic rings. The Morgan fingerprint density at radius 2 is 2.10 bits per heavy atom. The average Bonchev–Trinajstić information content (AvgIpc) is 3.08. The first kappa shape index (κ1) is 12.8. The molecular weight excluding hydrogens is 264 g/mol. The number of furan rings is 1. The highest BCUT2D eigenvalue weighted by Crippen LogP contribution is 2.24. The largest absolute Gasteiger partial charge is 0.433 e. The van der Waals surface area contributed by atoms with Crippen molar-refractivity contribution in [3.8, 4) is 11.6 Å². The number of hydrogen-bond acceptors (Lipinski definition) is 7. The molecular formula is C12H14N4O4. The Balaban J connectivity index is 1.70. The van der Waals surface area contributed by atoms with Gasteiger partial charge < -0.3 is 8.94 Å². The zero-order chi connectivity index (χ0) is 13.9. The van der Waals surface area contributed by atoms with Crippen LogP contribution >= 0.6 is 0 Å². The Bertz CT molecular complexity index is 600. The van der Waals surface area contributed by atoms with Gasteiger partial charge >= 0.3 is 5.88 Å². The summed E-state index contributed by atoms with van der Waals surface area (Å²) >= 11 is 0. The molecule has 0 saturated carbocycles. The van der Waals surface area contributed by atoms with E-state index in [0.717, 1.165) is 13.1 Å². The third-order valence-corrected chi connectivity index (χ3v) is 3.27. The monoisotopic (exact) mass is 278 g/mol. The minimum absolute atomic E-state index is 0.241. The van der Waals surface area contributed by atoms with Crippen LogP contribution in [0, 0.1) is 10.1 Å². The third kappa shape index (κ3) is 2.69. The van der Waals surface area contributed by atoms with Crippen LogP contribution in [0.5, 0.6) is 0 Å². The second-order valence-corrected chi connectivity index (χ2v) is 4.74. The van der Waals surface area contributed by atoms with Gasteiger partial charge in [0.15, 0.2) is 5.76 Å². The van der Waals surface area contributed by atoms with Gasteiger partial charge in [0, 0.05) is 0 Å². The van der Waals surface area contributed by atoms with E-state index in [-0.39, 0.29) is 17.5 Å². The highest BCUT2D eigenvalue weighted by atomic mass is 16.6. The molecule has 0 N–H and O–H groups in total. The van der Waals surface area contributed by atoms with E-state index in [1.807, 2.05) is 0 Å². The van der Waals surface area contributed by atoms with Crippen molar-refractivity contribution in [2.45, 2.75) is 25.8 Å². The molecule has 8 nitrogen and oxygen atoms in total. The van der Waals surface area contributed by atoms with Gasteiger partial charge in [-0.15, -0.1) is 0 Å². The van der Waals surface area contributed by atoms with Crippen LogP contribution < -0.4 is 0 Å². The minimum atomic E-state index is -0.599. The molecule has 0 radical (unpaired) electrons. The van der Waals surface area contributed by atoms with Crippen molar-refractivity contribution in [1.29, 1.82) is 0 Å². The first-order chi connectivity index (χ1) is 9.72. The number of nitro groups is 1. The number of hydrogen-bond donors (Lipinski definition) is 0. The molecule has 0 bridgehead atoms. The second kappa shape index (κ2) is 5.41. The van der Waals surface area contributed by atoms with Crippen molar-refractivity contribution in [3.05, 3.63) is 28.1 Å². The van der Waals surface area contributed by atoms with Crippen LogP contribution in [0.3, 0.4) is 0 Å². The van der Waals surface area contributed by atoms with Crippen molar-refractivity contribution < 1.29 is 13.9 Å². The number of likely N-dealkylation sites (tertiary alicyclic amines) is 1. The number of aromatic nitrogens is 2. The molecule has 3 heterocycles. The molecule has 0 amide bonds. The normalized spacial score (nSPS) is 16.4. The Labute approximate surface area is 114 Å². The zero-order valence-electron chi connectivity index (χ0n) is 10.8. The summed E-state index contributed by atoms with van der Waals surface area (Å²) in [6, 6.07) is 2.74. The summed E-state index contributed by atoms with van der Waals surface area (Å²) in [4.78, 5) is 16.4. The van der Waals surface area contributed by atoms with Crippen LogP contribution in [-0.4, -0.2) is 33.1 Å². The van der Waals surface area contributed by atoms with Gasteiger partial charge in [-0.05, 0) is 32.0 Å². The van der Waals surface area contributed by atoms with E-state index in [9.17, 15) is 10.1 Å². The number of rotatable bonds is 4. The molecule has 20 heavy (non-hydrogen) atoms. The SMILES string of the molecule is O=[N+]([O-])c1ccc(-c2noc(CN3CCCCC3)n2)o1. The fourth-order valence-corrected chi connectivity index (χ4v) is 2.27. The molecule has 2 aromatic heterocycles. The van der Waals surface area contributed by atoms with Gasteiger partial charge in [-0.25, -0.2) is 0 Å². The van der Waals surface area contributed by atoms with Crippen molar-refractivity contribution >= 4 is 5.88 Å². The molecule has 1 fully saturated rings. The number of piperidine rings is 1. The second-order valence-electron chi connectivity index (χ2n) is 4.74. The molecule has 1 aliphatic rings. The van der Waals surface area contributed by atoms with E-state index < -0.39 is 4.92 Å². The maximum Gasteiger partial charge on any atom is 0.433 e. The highest BCUT2D eigenvalue weighted by Gasteiger charge is 2.19. The average molecular weight is 278 g/mol. The lowest BCUT2D eigenvalue weighted by Crippen LogP contribution is -2.29. The molecule has 0 aliphatic carbocycles. The highest BCUT2D eigenvalue weighted by molar-refractivity contribution is 5.47. The Morgan fingerprint density at radius 1 is 1.30 bits per heavy atom. The maximum absolute atomic E-state index is 10.6. The lowest BCUT2D eigenvalue weighted by molar-refractivity contribution is -0.401. The first-order valence-corrected chi connectivity index (χ1v) is 6.52. The predicted octanol–water partition coefficient (Wildman–Crippen LogP) is 2.22. The summed E-state index contributed by atoms with van der Waals surface area (Å²) in [6.07, 6.45) is 3.64. The van der Waals surface area contributed by atoms with Gasteiger partial charge in [-0.3, -0.25) is 15.0 Å². The van der Waals surface area contributed by atoms with Gasteiger partial charge in [0.05, 0.1) is 12.6 Å². The minimum Gasteiger partial charge on any atom is -0.397 e. The van der Waals surface area contributed by atoms with E-state index >= 15 is 0 Å². The molecule has 1 saturated heterocycles. The van der Waals surface area contributed by atoms with Crippen LogP contribution in [0.15, 0.2) is 21.1 Å². The van der Waals surface area contributed by atoms with Crippen molar-refractivity contribution in [1.82, 2.24) is 15.0 Å². The van der Waals surface area contributed by atoms with E-state index in [2.05, 4.69) is 15.0 Å². The molecule has 106 valence electrons. The van der Waals surface area contributed by atoms with Crippen molar-refractivity contribution in [2.75, 3.05) is 13.1 Å². The van der Waals surface area contributed by atoms with Crippen LogP contribution in [0.25, 0.3) is 11.6 Å². The summed E-state index contributed by atoms with van der Waals surface area (Å²) in [7, 11) is 0. The summed E-state index contributed by atoms with van der Waals surface area (Å²) in [5, 5.41) is 14.3. The fourth-order valence-electron chi connectivity index (χ4n) is 2.27.